The van der Waals surface area contributed by atoms with Crippen molar-refractivity contribution >= 4 is 0 Å². The standard InChI is InChI=1S/C17H20F3N/c1-11(16-9-13-2-5-14(16)8-13)21-10-12-3-6-15(7-4-12)17(18,19)20/h2-7,11,13-14,16,21H,8-10H2,1H3. The summed E-state index contributed by atoms with van der Waals surface area (Å²) in [4.78, 5) is 0. The summed E-state index contributed by atoms with van der Waals surface area (Å²) in [5, 5.41) is 3.47. The van der Waals surface area contributed by atoms with Crippen LogP contribution in [-0.2, 0) is 12.7 Å². The molecule has 0 radical (unpaired) electrons. The Morgan fingerprint density at radius 2 is 1.86 bits per heavy atom. The molecular weight excluding hydrogens is 275 g/mol. The van der Waals surface area contributed by atoms with Crippen LogP contribution < -0.4 is 5.32 Å². The molecule has 2 bridgehead atoms. The van der Waals surface area contributed by atoms with Crippen LogP contribution in [0, 0.1) is 17.8 Å². The number of alkyl halides is 3. The van der Waals surface area contributed by atoms with Crippen LogP contribution in [0.3, 0.4) is 0 Å². The largest absolute Gasteiger partial charge is 0.416 e. The molecule has 1 nitrogen and oxygen atoms in total. The highest BCUT2D eigenvalue weighted by Gasteiger charge is 2.38. The molecule has 114 valence electrons. The van der Waals surface area contributed by atoms with Gasteiger partial charge < -0.3 is 5.32 Å². The van der Waals surface area contributed by atoms with Crippen LogP contribution >= 0.6 is 0 Å². The van der Waals surface area contributed by atoms with E-state index in [-0.39, 0.29) is 0 Å². The Kier molecular flexibility index (Phi) is 3.82. The number of nitrogens with one attached hydrogen (secondary N) is 1. The lowest BCUT2D eigenvalue weighted by Gasteiger charge is -2.26. The van der Waals surface area contributed by atoms with E-state index in [1.54, 1.807) is 12.1 Å². The minimum atomic E-state index is -4.26. The van der Waals surface area contributed by atoms with Crippen LogP contribution in [0.2, 0.25) is 0 Å². The number of fused-ring (bicyclic) bond motifs is 2. The first kappa shape index (κ1) is 14.6. The predicted octanol–water partition coefficient (Wildman–Crippen LogP) is 4.40. The summed E-state index contributed by atoms with van der Waals surface area (Å²) in [5.74, 6) is 2.09. The molecule has 0 saturated heterocycles. The van der Waals surface area contributed by atoms with Crippen LogP contribution in [0.1, 0.15) is 30.9 Å². The maximum atomic E-state index is 12.5. The minimum Gasteiger partial charge on any atom is -0.310 e. The third-order valence-corrected chi connectivity index (χ3v) is 4.88. The normalized spacial score (nSPS) is 29.0. The Hall–Kier alpha value is -1.29. The maximum absolute atomic E-state index is 12.5. The number of halogens is 3. The summed E-state index contributed by atoms with van der Waals surface area (Å²) in [6, 6.07) is 5.82. The molecule has 21 heavy (non-hydrogen) atoms. The second kappa shape index (κ2) is 5.48. The average Bonchev–Trinajstić information content (AvgIpc) is 3.07. The molecule has 4 atom stereocenters. The van der Waals surface area contributed by atoms with Gasteiger partial charge in [0.25, 0.3) is 0 Å². The second-order valence-corrected chi connectivity index (χ2v) is 6.31. The molecule has 1 aromatic carbocycles. The van der Waals surface area contributed by atoms with E-state index in [0.29, 0.717) is 24.4 Å². The molecule has 3 rings (SSSR count). The third kappa shape index (κ3) is 3.15. The first-order chi connectivity index (χ1) is 9.93. The van der Waals surface area contributed by atoms with E-state index in [0.717, 1.165) is 23.6 Å². The van der Waals surface area contributed by atoms with E-state index in [1.807, 2.05) is 0 Å². The minimum absolute atomic E-state index is 0.396. The Morgan fingerprint density at radius 3 is 2.38 bits per heavy atom. The van der Waals surface area contributed by atoms with Gasteiger partial charge in [-0.2, -0.15) is 13.2 Å². The van der Waals surface area contributed by atoms with Gasteiger partial charge in [-0.05, 0) is 55.2 Å². The number of rotatable bonds is 4. The van der Waals surface area contributed by atoms with E-state index in [9.17, 15) is 13.2 Å². The molecular formula is C17H20F3N. The fourth-order valence-corrected chi connectivity index (χ4v) is 3.64. The zero-order valence-electron chi connectivity index (χ0n) is 12.0. The molecule has 1 N–H and O–H groups in total. The van der Waals surface area contributed by atoms with Gasteiger partial charge in [0.2, 0.25) is 0 Å². The molecule has 2 aliphatic carbocycles. The molecule has 0 amide bonds. The highest BCUT2D eigenvalue weighted by atomic mass is 19.4. The Labute approximate surface area is 123 Å². The van der Waals surface area contributed by atoms with Gasteiger partial charge in [0.15, 0.2) is 0 Å². The summed E-state index contributed by atoms with van der Waals surface area (Å²) in [6.45, 7) is 2.81. The van der Waals surface area contributed by atoms with Crippen LogP contribution in [0.4, 0.5) is 13.2 Å². The first-order valence-electron chi connectivity index (χ1n) is 7.51. The predicted molar refractivity (Wildman–Crippen MR) is 76.6 cm³/mol. The zero-order chi connectivity index (χ0) is 15.0. The highest BCUT2D eigenvalue weighted by Crippen LogP contribution is 2.44. The third-order valence-electron chi connectivity index (χ3n) is 4.88. The lowest BCUT2D eigenvalue weighted by molar-refractivity contribution is -0.137. The van der Waals surface area contributed by atoms with Crippen LogP contribution in [-0.4, -0.2) is 6.04 Å². The van der Waals surface area contributed by atoms with Gasteiger partial charge >= 0.3 is 6.18 Å². The van der Waals surface area contributed by atoms with Gasteiger partial charge in [0.1, 0.15) is 0 Å². The summed E-state index contributed by atoms with van der Waals surface area (Å²) in [5.41, 5.74) is 0.311. The fraction of sp³-hybridized carbons (Fsp3) is 0.529. The van der Waals surface area contributed by atoms with Crippen molar-refractivity contribution in [2.45, 2.75) is 38.5 Å². The van der Waals surface area contributed by atoms with Gasteiger partial charge in [-0.15, -0.1) is 0 Å². The molecule has 0 heterocycles. The van der Waals surface area contributed by atoms with Crippen molar-refractivity contribution < 1.29 is 13.2 Å². The lowest BCUT2D eigenvalue weighted by Crippen LogP contribution is -2.35. The summed E-state index contributed by atoms with van der Waals surface area (Å²) < 4.78 is 37.5. The van der Waals surface area contributed by atoms with Crippen LogP contribution in [0.25, 0.3) is 0 Å². The highest BCUT2D eigenvalue weighted by molar-refractivity contribution is 5.24. The van der Waals surface area contributed by atoms with E-state index < -0.39 is 11.7 Å². The van der Waals surface area contributed by atoms with Crippen molar-refractivity contribution in [3.8, 4) is 0 Å². The Bertz CT molecular complexity index is 518. The Balaban J connectivity index is 1.54. The number of allylic oxidation sites excluding steroid dienone is 2. The first-order valence-corrected chi connectivity index (χ1v) is 7.51. The molecule has 0 spiro atoms. The Morgan fingerprint density at radius 1 is 1.14 bits per heavy atom. The topological polar surface area (TPSA) is 12.0 Å². The van der Waals surface area contributed by atoms with Crippen LogP contribution in [0.15, 0.2) is 36.4 Å². The maximum Gasteiger partial charge on any atom is 0.416 e. The van der Waals surface area contributed by atoms with Crippen molar-refractivity contribution in [1.29, 1.82) is 0 Å². The van der Waals surface area contributed by atoms with Crippen molar-refractivity contribution in [1.82, 2.24) is 5.32 Å². The van der Waals surface area contributed by atoms with Crippen LogP contribution in [0.5, 0.6) is 0 Å². The van der Waals surface area contributed by atoms with Crippen molar-refractivity contribution in [3.63, 3.8) is 0 Å². The number of hydrogen-bond donors (Lipinski definition) is 1. The van der Waals surface area contributed by atoms with Gasteiger partial charge in [-0.25, -0.2) is 0 Å². The lowest BCUT2D eigenvalue weighted by atomic mass is 9.87. The van der Waals surface area contributed by atoms with Crippen molar-refractivity contribution in [2.75, 3.05) is 0 Å². The van der Waals surface area contributed by atoms with Gasteiger partial charge in [-0.3, -0.25) is 0 Å². The van der Waals surface area contributed by atoms with Crippen molar-refractivity contribution in [2.24, 2.45) is 17.8 Å². The summed E-state index contributed by atoms with van der Waals surface area (Å²) >= 11 is 0. The number of hydrogen-bond acceptors (Lipinski definition) is 1. The monoisotopic (exact) mass is 295 g/mol. The average molecular weight is 295 g/mol. The quantitative estimate of drug-likeness (QED) is 0.812. The van der Waals surface area contributed by atoms with Crippen molar-refractivity contribution in [3.05, 3.63) is 47.5 Å². The number of benzene rings is 1. The van der Waals surface area contributed by atoms with Gasteiger partial charge in [-0.1, -0.05) is 24.3 Å². The second-order valence-electron chi connectivity index (χ2n) is 6.31. The fourth-order valence-electron chi connectivity index (χ4n) is 3.64. The summed E-state index contributed by atoms with van der Waals surface area (Å²) in [6.07, 6.45) is 2.91. The zero-order valence-corrected chi connectivity index (χ0v) is 12.0. The molecule has 0 aromatic heterocycles. The molecule has 1 fully saturated rings. The molecule has 0 aliphatic heterocycles. The van der Waals surface area contributed by atoms with E-state index in [1.165, 1.54) is 12.8 Å². The molecule has 1 saturated carbocycles. The molecule has 2 aliphatic rings. The smallest absolute Gasteiger partial charge is 0.310 e. The molecule has 1 aromatic rings. The van der Waals surface area contributed by atoms with Gasteiger partial charge in [0.05, 0.1) is 5.56 Å². The molecule has 4 heteroatoms. The summed E-state index contributed by atoms with van der Waals surface area (Å²) in [7, 11) is 0. The van der Waals surface area contributed by atoms with E-state index >= 15 is 0 Å². The SMILES string of the molecule is CC(NCc1ccc(C(F)(F)F)cc1)C1CC2C=CC1C2. The molecule has 4 unspecified atom stereocenters. The van der Waals surface area contributed by atoms with E-state index in [4.69, 9.17) is 0 Å². The van der Waals surface area contributed by atoms with E-state index in [2.05, 4.69) is 24.4 Å². The van der Waals surface area contributed by atoms with Gasteiger partial charge in [0, 0.05) is 12.6 Å².